The number of ether oxygens (including phenoxy) is 1. The van der Waals surface area contributed by atoms with Crippen molar-refractivity contribution in [3.05, 3.63) is 44.3 Å². The second kappa shape index (κ2) is 7.55. The van der Waals surface area contributed by atoms with Crippen molar-refractivity contribution in [2.75, 3.05) is 26.8 Å². The number of fused-ring (bicyclic) bond motifs is 1. The van der Waals surface area contributed by atoms with Crippen LogP contribution in [0.15, 0.2) is 29.0 Å². The average molecular weight is 353 g/mol. The minimum Gasteiger partial charge on any atom is -0.385 e. The number of rotatable bonds is 5. The molecule has 0 amide bonds. The SMILES string of the molecule is COCCCNC(=S)N1CCc2sccc2C1c1cccs1. The van der Waals surface area contributed by atoms with Gasteiger partial charge in [0.25, 0.3) is 0 Å². The molecule has 118 valence electrons. The van der Waals surface area contributed by atoms with E-state index in [1.807, 2.05) is 11.3 Å². The molecule has 3 rings (SSSR count). The third-order valence-corrected chi connectivity index (χ3v) is 6.14. The van der Waals surface area contributed by atoms with Gasteiger partial charge in [0.1, 0.15) is 0 Å². The van der Waals surface area contributed by atoms with Crippen LogP contribution in [0.2, 0.25) is 0 Å². The number of methoxy groups -OCH3 is 1. The van der Waals surface area contributed by atoms with E-state index < -0.39 is 0 Å². The molecular weight excluding hydrogens is 332 g/mol. The highest BCUT2D eigenvalue weighted by Crippen LogP contribution is 2.39. The van der Waals surface area contributed by atoms with E-state index in [9.17, 15) is 0 Å². The molecule has 0 aromatic carbocycles. The van der Waals surface area contributed by atoms with Crippen molar-refractivity contribution in [2.45, 2.75) is 18.9 Å². The number of thiocarbonyl (C=S) groups is 1. The summed E-state index contributed by atoms with van der Waals surface area (Å²) in [6, 6.07) is 6.85. The van der Waals surface area contributed by atoms with E-state index in [0.717, 1.165) is 37.7 Å². The molecule has 2 aromatic heterocycles. The summed E-state index contributed by atoms with van der Waals surface area (Å²) >= 11 is 9.33. The molecule has 1 N–H and O–H groups in total. The zero-order valence-corrected chi connectivity index (χ0v) is 15.0. The Morgan fingerprint density at radius 1 is 1.41 bits per heavy atom. The van der Waals surface area contributed by atoms with Crippen molar-refractivity contribution < 1.29 is 4.74 Å². The standard InChI is InChI=1S/C16H20N2OS3/c1-19-9-3-7-17-16(20)18-8-5-13-12(6-11-22-13)15(18)14-4-2-10-21-14/h2,4,6,10-11,15H,3,5,7-9H2,1H3,(H,17,20). The van der Waals surface area contributed by atoms with E-state index in [-0.39, 0.29) is 6.04 Å². The molecule has 0 radical (unpaired) electrons. The Balaban J connectivity index is 1.77. The summed E-state index contributed by atoms with van der Waals surface area (Å²) in [4.78, 5) is 5.19. The van der Waals surface area contributed by atoms with Crippen LogP contribution in [-0.2, 0) is 11.2 Å². The van der Waals surface area contributed by atoms with E-state index in [0.29, 0.717) is 0 Å². The molecule has 6 heteroatoms. The summed E-state index contributed by atoms with van der Waals surface area (Å²) in [7, 11) is 1.73. The van der Waals surface area contributed by atoms with Crippen LogP contribution in [0.1, 0.15) is 27.8 Å². The first-order valence-electron chi connectivity index (χ1n) is 7.44. The minimum absolute atomic E-state index is 0.262. The molecule has 0 spiro atoms. The fourth-order valence-corrected chi connectivity index (χ4v) is 4.86. The first kappa shape index (κ1) is 15.9. The van der Waals surface area contributed by atoms with Gasteiger partial charge >= 0.3 is 0 Å². The van der Waals surface area contributed by atoms with E-state index >= 15 is 0 Å². The van der Waals surface area contributed by atoms with Gasteiger partial charge in [-0.2, -0.15) is 0 Å². The first-order valence-corrected chi connectivity index (χ1v) is 9.61. The fourth-order valence-electron chi connectivity index (χ4n) is 2.80. The molecule has 0 saturated carbocycles. The molecule has 0 saturated heterocycles. The molecule has 0 bridgehead atoms. The number of hydrogen-bond donors (Lipinski definition) is 1. The summed E-state index contributed by atoms with van der Waals surface area (Å²) in [5.74, 6) is 0. The topological polar surface area (TPSA) is 24.5 Å². The molecular formula is C16H20N2OS3. The maximum absolute atomic E-state index is 5.66. The second-order valence-corrected chi connectivity index (χ2v) is 7.61. The quantitative estimate of drug-likeness (QED) is 0.655. The van der Waals surface area contributed by atoms with Crippen molar-refractivity contribution in [3.8, 4) is 0 Å². The molecule has 1 unspecified atom stereocenters. The van der Waals surface area contributed by atoms with Gasteiger partial charge in [0.05, 0.1) is 6.04 Å². The molecule has 1 aliphatic rings. The van der Waals surface area contributed by atoms with Gasteiger partial charge in [0, 0.05) is 36.6 Å². The molecule has 0 fully saturated rings. The van der Waals surface area contributed by atoms with Crippen LogP contribution in [0.25, 0.3) is 0 Å². The Morgan fingerprint density at radius 3 is 3.09 bits per heavy atom. The number of hydrogen-bond acceptors (Lipinski definition) is 4. The van der Waals surface area contributed by atoms with E-state index in [1.54, 1.807) is 18.4 Å². The predicted octanol–water partition coefficient (Wildman–Crippen LogP) is 3.67. The van der Waals surface area contributed by atoms with Crippen molar-refractivity contribution >= 4 is 40.0 Å². The van der Waals surface area contributed by atoms with E-state index in [1.165, 1.54) is 15.3 Å². The summed E-state index contributed by atoms with van der Waals surface area (Å²) in [6.45, 7) is 2.60. The number of nitrogens with one attached hydrogen (secondary N) is 1. The van der Waals surface area contributed by atoms with Gasteiger partial charge in [-0.3, -0.25) is 0 Å². The smallest absolute Gasteiger partial charge is 0.169 e. The zero-order chi connectivity index (χ0) is 15.4. The normalized spacial score (nSPS) is 17.3. The lowest BCUT2D eigenvalue weighted by molar-refractivity contribution is 0.195. The van der Waals surface area contributed by atoms with Crippen molar-refractivity contribution in [1.82, 2.24) is 10.2 Å². The highest BCUT2D eigenvalue weighted by atomic mass is 32.1. The van der Waals surface area contributed by atoms with Crippen molar-refractivity contribution in [1.29, 1.82) is 0 Å². The maximum Gasteiger partial charge on any atom is 0.169 e. The van der Waals surface area contributed by atoms with Crippen molar-refractivity contribution in [2.24, 2.45) is 0 Å². The Kier molecular flexibility index (Phi) is 5.46. The molecule has 1 aliphatic heterocycles. The minimum atomic E-state index is 0.262. The zero-order valence-electron chi connectivity index (χ0n) is 12.6. The van der Waals surface area contributed by atoms with Crippen LogP contribution in [0.5, 0.6) is 0 Å². The fraction of sp³-hybridized carbons (Fsp3) is 0.438. The van der Waals surface area contributed by atoms with Gasteiger partial charge in [0.2, 0.25) is 0 Å². The molecule has 3 heterocycles. The van der Waals surface area contributed by atoms with Gasteiger partial charge < -0.3 is 15.0 Å². The van der Waals surface area contributed by atoms with Crippen LogP contribution < -0.4 is 5.32 Å². The lowest BCUT2D eigenvalue weighted by atomic mass is 9.99. The first-order chi connectivity index (χ1) is 10.8. The number of thiophene rings is 2. The highest BCUT2D eigenvalue weighted by molar-refractivity contribution is 7.80. The van der Waals surface area contributed by atoms with Gasteiger partial charge in [-0.1, -0.05) is 6.07 Å². The summed E-state index contributed by atoms with van der Waals surface area (Å²) in [6.07, 6.45) is 2.05. The Hall–Kier alpha value is -0.950. The second-order valence-electron chi connectivity index (χ2n) is 5.24. The third kappa shape index (κ3) is 3.35. The third-order valence-electron chi connectivity index (χ3n) is 3.84. The van der Waals surface area contributed by atoms with Crippen molar-refractivity contribution in [3.63, 3.8) is 0 Å². The lowest BCUT2D eigenvalue weighted by Gasteiger charge is -2.37. The van der Waals surface area contributed by atoms with Gasteiger partial charge in [-0.25, -0.2) is 0 Å². The van der Waals surface area contributed by atoms with E-state index in [4.69, 9.17) is 17.0 Å². The summed E-state index contributed by atoms with van der Waals surface area (Å²) in [5, 5.41) is 8.58. The number of nitrogens with zero attached hydrogens (tertiary/aromatic N) is 1. The highest BCUT2D eigenvalue weighted by Gasteiger charge is 2.31. The van der Waals surface area contributed by atoms with E-state index in [2.05, 4.69) is 39.2 Å². The van der Waals surface area contributed by atoms with Crippen LogP contribution in [0.3, 0.4) is 0 Å². The molecule has 2 aromatic rings. The average Bonchev–Trinajstić information content (AvgIpc) is 3.20. The van der Waals surface area contributed by atoms with Crippen LogP contribution >= 0.6 is 34.9 Å². The largest absolute Gasteiger partial charge is 0.385 e. The van der Waals surface area contributed by atoms with Crippen LogP contribution in [0.4, 0.5) is 0 Å². The van der Waals surface area contributed by atoms with Gasteiger partial charge in [-0.15, -0.1) is 22.7 Å². The Bertz CT molecular complexity index is 609. The molecule has 3 nitrogen and oxygen atoms in total. The predicted molar refractivity (Wildman–Crippen MR) is 98.0 cm³/mol. The maximum atomic E-state index is 5.66. The summed E-state index contributed by atoms with van der Waals surface area (Å²) in [5.41, 5.74) is 1.42. The lowest BCUT2D eigenvalue weighted by Crippen LogP contribution is -2.45. The Morgan fingerprint density at radius 2 is 2.32 bits per heavy atom. The van der Waals surface area contributed by atoms with Crippen LogP contribution in [0, 0.1) is 0 Å². The van der Waals surface area contributed by atoms with Gasteiger partial charge in [-0.05, 0) is 53.5 Å². The summed E-state index contributed by atoms with van der Waals surface area (Å²) < 4.78 is 5.09. The van der Waals surface area contributed by atoms with Gasteiger partial charge in [0.15, 0.2) is 5.11 Å². The molecule has 0 aliphatic carbocycles. The monoisotopic (exact) mass is 352 g/mol. The Labute approximate surface area is 144 Å². The van der Waals surface area contributed by atoms with Crippen LogP contribution in [-0.4, -0.2) is 36.8 Å². The molecule has 22 heavy (non-hydrogen) atoms. The molecule has 1 atom stereocenters.